The second-order valence-corrected chi connectivity index (χ2v) is 6.73. The first-order valence-electron chi connectivity index (χ1n) is 8.81. The lowest BCUT2D eigenvalue weighted by Gasteiger charge is -2.35. The first-order valence-corrected chi connectivity index (χ1v) is 8.81. The lowest BCUT2D eigenvalue weighted by molar-refractivity contribution is -0.137. The summed E-state index contributed by atoms with van der Waals surface area (Å²) in [5, 5.41) is 2.69. The first-order chi connectivity index (χ1) is 12.8. The Bertz CT molecular complexity index is 785. The Morgan fingerprint density at radius 1 is 1.04 bits per heavy atom. The number of anilines is 2. The molecule has 1 N–H and O–H groups in total. The molecule has 2 aromatic rings. The number of hydrogen-bond acceptors (Lipinski definition) is 3. The molecule has 0 radical (unpaired) electrons. The van der Waals surface area contributed by atoms with Gasteiger partial charge in [-0.25, -0.2) is 0 Å². The molecule has 0 aliphatic carbocycles. The van der Waals surface area contributed by atoms with E-state index in [1.807, 2.05) is 42.3 Å². The summed E-state index contributed by atoms with van der Waals surface area (Å²) >= 11 is 0. The number of benzene rings is 2. The van der Waals surface area contributed by atoms with Crippen LogP contribution in [0.1, 0.15) is 11.1 Å². The number of nitrogens with one attached hydrogen (secondary N) is 1. The summed E-state index contributed by atoms with van der Waals surface area (Å²) in [6, 6.07) is 12.7. The van der Waals surface area contributed by atoms with Crippen LogP contribution >= 0.6 is 0 Å². The van der Waals surface area contributed by atoms with Crippen LogP contribution in [0, 0.1) is 0 Å². The molecule has 1 aliphatic heterocycles. The molecule has 1 fully saturated rings. The van der Waals surface area contributed by atoms with Gasteiger partial charge < -0.3 is 15.1 Å². The summed E-state index contributed by atoms with van der Waals surface area (Å²) in [5.74, 6) is -0.337. The van der Waals surface area contributed by atoms with Crippen molar-refractivity contribution >= 4 is 17.3 Å². The Kier molecular flexibility index (Phi) is 5.70. The molecule has 144 valence electrons. The monoisotopic (exact) mass is 377 g/mol. The quantitative estimate of drug-likeness (QED) is 0.884. The van der Waals surface area contributed by atoms with Crippen molar-refractivity contribution in [2.24, 2.45) is 0 Å². The molecule has 0 atom stereocenters. The Morgan fingerprint density at radius 2 is 1.70 bits per heavy atom. The van der Waals surface area contributed by atoms with E-state index >= 15 is 0 Å². The molecule has 4 nitrogen and oxygen atoms in total. The van der Waals surface area contributed by atoms with Crippen LogP contribution in [0.15, 0.2) is 48.5 Å². The van der Waals surface area contributed by atoms with E-state index in [0.717, 1.165) is 30.8 Å². The van der Waals surface area contributed by atoms with Gasteiger partial charge in [-0.15, -0.1) is 0 Å². The SMILES string of the molecule is CN1CCN(c2ccc(C(F)(F)F)cc2NC(=O)Cc2ccccc2)CC1. The zero-order valence-electron chi connectivity index (χ0n) is 15.1. The lowest BCUT2D eigenvalue weighted by atomic mass is 10.1. The average Bonchev–Trinajstić information content (AvgIpc) is 2.62. The van der Waals surface area contributed by atoms with E-state index in [4.69, 9.17) is 0 Å². The number of amides is 1. The third-order valence-electron chi connectivity index (χ3n) is 4.65. The van der Waals surface area contributed by atoms with Crippen molar-refractivity contribution in [3.63, 3.8) is 0 Å². The van der Waals surface area contributed by atoms with Gasteiger partial charge in [-0.1, -0.05) is 30.3 Å². The van der Waals surface area contributed by atoms with Crippen LogP contribution in [0.3, 0.4) is 0 Å². The number of halogens is 3. The first kappa shape index (κ1) is 19.2. The number of hydrogen-bond donors (Lipinski definition) is 1. The fraction of sp³-hybridized carbons (Fsp3) is 0.350. The topological polar surface area (TPSA) is 35.6 Å². The minimum Gasteiger partial charge on any atom is -0.367 e. The fourth-order valence-electron chi connectivity index (χ4n) is 3.11. The second kappa shape index (κ2) is 8.00. The van der Waals surface area contributed by atoms with Gasteiger partial charge in [0.15, 0.2) is 0 Å². The van der Waals surface area contributed by atoms with Crippen molar-refractivity contribution in [3.05, 3.63) is 59.7 Å². The van der Waals surface area contributed by atoms with Gasteiger partial charge in [-0.3, -0.25) is 4.79 Å². The van der Waals surface area contributed by atoms with E-state index in [2.05, 4.69) is 10.2 Å². The largest absolute Gasteiger partial charge is 0.416 e. The lowest BCUT2D eigenvalue weighted by Crippen LogP contribution is -2.44. The number of carbonyl (C=O) groups is 1. The maximum Gasteiger partial charge on any atom is 0.416 e. The van der Waals surface area contributed by atoms with Crippen LogP contribution in [0.4, 0.5) is 24.5 Å². The van der Waals surface area contributed by atoms with Crippen LogP contribution in [-0.4, -0.2) is 44.0 Å². The molecule has 3 rings (SSSR count). The van der Waals surface area contributed by atoms with E-state index in [0.29, 0.717) is 18.8 Å². The van der Waals surface area contributed by atoms with Crippen molar-refractivity contribution < 1.29 is 18.0 Å². The highest BCUT2D eigenvalue weighted by atomic mass is 19.4. The van der Waals surface area contributed by atoms with E-state index in [-0.39, 0.29) is 18.0 Å². The minimum atomic E-state index is -4.46. The standard InChI is InChI=1S/C20H22F3N3O/c1-25-9-11-26(12-10-25)18-8-7-16(20(21,22)23)14-17(18)24-19(27)13-15-5-3-2-4-6-15/h2-8,14H,9-13H2,1H3,(H,24,27). The highest BCUT2D eigenvalue weighted by Gasteiger charge is 2.32. The Balaban J connectivity index is 1.84. The minimum absolute atomic E-state index is 0.110. The van der Waals surface area contributed by atoms with E-state index in [1.165, 1.54) is 6.07 Å². The summed E-state index contributed by atoms with van der Waals surface area (Å²) in [7, 11) is 2.01. The molecular weight excluding hydrogens is 355 g/mol. The summed E-state index contributed by atoms with van der Waals surface area (Å²) in [5.41, 5.74) is 0.867. The van der Waals surface area contributed by atoms with Gasteiger partial charge in [0.25, 0.3) is 0 Å². The predicted octanol–water partition coefficient (Wildman–Crippen LogP) is 3.64. The Morgan fingerprint density at radius 3 is 2.33 bits per heavy atom. The van der Waals surface area contributed by atoms with Crippen LogP contribution in [0.5, 0.6) is 0 Å². The molecule has 0 spiro atoms. The van der Waals surface area contributed by atoms with Crippen molar-refractivity contribution in [3.8, 4) is 0 Å². The molecule has 1 aliphatic rings. The molecule has 2 aromatic carbocycles. The Hall–Kier alpha value is -2.54. The molecule has 0 aromatic heterocycles. The van der Waals surface area contributed by atoms with Gasteiger partial charge in [-0.2, -0.15) is 13.2 Å². The molecule has 0 unspecified atom stereocenters. The number of nitrogens with zero attached hydrogens (tertiary/aromatic N) is 2. The van der Waals surface area contributed by atoms with Crippen molar-refractivity contribution in [2.45, 2.75) is 12.6 Å². The maximum absolute atomic E-state index is 13.1. The molecule has 27 heavy (non-hydrogen) atoms. The van der Waals surface area contributed by atoms with Gasteiger partial charge in [-0.05, 0) is 30.8 Å². The van der Waals surface area contributed by atoms with Crippen LogP contribution in [0.2, 0.25) is 0 Å². The summed E-state index contributed by atoms with van der Waals surface area (Å²) in [6.45, 7) is 3.03. The van der Waals surface area contributed by atoms with Crippen molar-refractivity contribution in [2.75, 3.05) is 43.4 Å². The molecule has 7 heteroatoms. The summed E-state index contributed by atoms with van der Waals surface area (Å²) in [4.78, 5) is 16.6. The van der Waals surface area contributed by atoms with Crippen molar-refractivity contribution in [1.82, 2.24) is 4.90 Å². The molecule has 1 heterocycles. The van der Waals surface area contributed by atoms with Crippen LogP contribution < -0.4 is 10.2 Å². The number of piperazine rings is 1. The molecule has 0 bridgehead atoms. The third kappa shape index (κ3) is 5.01. The fourth-order valence-corrected chi connectivity index (χ4v) is 3.11. The van der Waals surface area contributed by atoms with Gasteiger partial charge in [0.1, 0.15) is 0 Å². The number of carbonyl (C=O) groups excluding carboxylic acids is 1. The van der Waals surface area contributed by atoms with Crippen LogP contribution in [-0.2, 0) is 17.4 Å². The smallest absolute Gasteiger partial charge is 0.367 e. The predicted molar refractivity (Wildman–Crippen MR) is 99.9 cm³/mol. The Labute approximate surface area is 156 Å². The molecule has 1 amide bonds. The zero-order valence-corrected chi connectivity index (χ0v) is 15.1. The molecular formula is C20H22F3N3O. The maximum atomic E-state index is 13.1. The summed E-state index contributed by atoms with van der Waals surface area (Å²) in [6.07, 6.45) is -4.35. The number of rotatable bonds is 4. The van der Waals surface area contributed by atoms with Gasteiger partial charge in [0.2, 0.25) is 5.91 Å². The van der Waals surface area contributed by atoms with E-state index < -0.39 is 11.7 Å². The van der Waals surface area contributed by atoms with Gasteiger partial charge in [0.05, 0.1) is 23.4 Å². The molecule has 1 saturated heterocycles. The van der Waals surface area contributed by atoms with E-state index in [1.54, 1.807) is 0 Å². The highest BCUT2D eigenvalue weighted by molar-refractivity contribution is 5.95. The molecule has 0 saturated carbocycles. The van der Waals surface area contributed by atoms with Gasteiger partial charge >= 0.3 is 6.18 Å². The van der Waals surface area contributed by atoms with Gasteiger partial charge in [0, 0.05) is 26.2 Å². The van der Waals surface area contributed by atoms with Crippen molar-refractivity contribution in [1.29, 1.82) is 0 Å². The zero-order chi connectivity index (χ0) is 19.4. The average molecular weight is 377 g/mol. The third-order valence-corrected chi connectivity index (χ3v) is 4.65. The number of likely N-dealkylation sites (N-methyl/N-ethyl adjacent to an activating group) is 1. The van der Waals surface area contributed by atoms with E-state index in [9.17, 15) is 18.0 Å². The summed E-state index contributed by atoms with van der Waals surface area (Å²) < 4.78 is 39.4. The number of alkyl halides is 3. The second-order valence-electron chi connectivity index (χ2n) is 6.73. The highest BCUT2D eigenvalue weighted by Crippen LogP contribution is 2.35. The normalized spacial score (nSPS) is 15.6. The van der Waals surface area contributed by atoms with Crippen LogP contribution in [0.25, 0.3) is 0 Å².